The van der Waals surface area contributed by atoms with Crippen LogP contribution in [0.2, 0.25) is 0 Å². The van der Waals surface area contributed by atoms with Crippen LogP contribution in [0.25, 0.3) is 0 Å². The van der Waals surface area contributed by atoms with E-state index in [4.69, 9.17) is 0 Å². The van der Waals surface area contributed by atoms with Gasteiger partial charge < -0.3 is 10.0 Å². The molecule has 0 amide bonds. The second kappa shape index (κ2) is 5.72. The lowest BCUT2D eigenvalue weighted by atomic mass is 10.1. The number of hydrogen-bond acceptors (Lipinski definition) is 6. The van der Waals surface area contributed by atoms with Crippen molar-refractivity contribution in [3.05, 3.63) is 28.4 Å². The average molecular weight is 280 g/mol. The summed E-state index contributed by atoms with van der Waals surface area (Å²) in [6.07, 6.45) is 1.47. The summed E-state index contributed by atoms with van der Waals surface area (Å²) in [6.45, 7) is 7.35. The molecule has 1 aromatic heterocycles. The lowest BCUT2D eigenvalue weighted by Gasteiger charge is -2.37. The molecule has 20 heavy (non-hydrogen) atoms. The molecule has 0 saturated carbocycles. The number of aromatic nitrogens is 1. The monoisotopic (exact) mass is 280 g/mol. The summed E-state index contributed by atoms with van der Waals surface area (Å²) in [5, 5.41) is 20.6. The predicted octanol–water partition coefficient (Wildman–Crippen LogP) is 0.883. The Kier molecular flexibility index (Phi) is 4.20. The standard InChI is InChI=1S/C13H20N4O3/c1-13(2,18)10-15-5-7-16(8-6-15)12-9-11(17(19)20)3-4-14-12/h3-4,9,18H,5-8,10H2,1-2H3. The molecule has 7 heteroatoms. The second-order valence-corrected chi connectivity index (χ2v) is 5.70. The van der Waals surface area contributed by atoms with Gasteiger partial charge in [0, 0.05) is 45.0 Å². The minimum Gasteiger partial charge on any atom is -0.389 e. The normalized spacial score (nSPS) is 17.2. The van der Waals surface area contributed by atoms with E-state index in [2.05, 4.69) is 9.88 Å². The maximum Gasteiger partial charge on any atom is 0.274 e. The maximum atomic E-state index is 10.8. The third-order valence-corrected chi connectivity index (χ3v) is 3.25. The van der Waals surface area contributed by atoms with Crippen molar-refractivity contribution >= 4 is 11.5 Å². The highest BCUT2D eigenvalue weighted by Crippen LogP contribution is 2.19. The van der Waals surface area contributed by atoms with Crippen LogP contribution in [-0.2, 0) is 0 Å². The Bertz CT molecular complexity index is 479. The molecule has 0 atom stereocenters. The van der Waals surface area contributed by atoms with Gasteiger partial charge in [-0.3, -0.25) is 15.0 Å². The quantitative estimate of drug-likeness (QED) is 0.651. The van der Waals surface area contributed by atoms with E-state index in [0.29, 0.717) is 12.4 Å². The molecule has 0 unspecified atom stereocenters. The van der Waals surface area contributed by atoms with Crippen molar-refractivity contribution in [2.45, 2.75) is 19.4 Å². The van der Waals surface area contributed by atoms with E-state index in [0.717, 1.165) is 26.2 Å². The molecule has 1 aromatic rings. The summed E-state index contributed by atoms with van der Waals surface area (Å²) in [5.41, 5.74) is -0.639. The van der Waals surface area contributed by atoms with Crippen molar-refractivity contribution in [1.82, 2.24) is 9.88 Å². The predicted molar refractivity (Wildman–Crippen MR) is 75.8 cm³/mol. The first-order valence-electron chi connectivity index (χ1n) is 6.65. The number of nitro groups is 1. The number of rotatable bonds is 4. The molecule has 1 aliphatic heterocycles. The Morgan fingerprint density at radius 2 is 2.05 bits per heavy atom. The van der Waals surface area contributed by atoms with Gasteiger partial charge in [0.1, 0.15) is 5.82 Å². The van der Waals surface area contributed by atoms with Gasteiger partial charge in [0.25, 0.3) is 5.69 Å². The fraction of sp³-hybridized carbons (Fsp3) is 0.615. The molecule has 0 aliphatic carbocycles. The Morgan fingerprint density at radius 3 is 2.60 bits per heavy atom. The molecule has 1 saturated heterocycles. The van der Waals surface area contributed by atoms with Gasteiger partial charge in [0.05, 0.1) is 16.6 Å². The van der Waals surface area contributed by atoms with E-state index in [1.54, 1.807) is 13.8 Å². The van der Waals surface area contributed by atoms with E-state index in [1.807, 2.05) is 4.90 Å². The maximum absolute atomic E-state index is 10.8. The molecular weight excluding hydrogens is 260 g/mol. The van der Waals surface area contributed by atoms with Crippen LogP contribution in [0, 0.1) is 10.1 Å². The van der Waals surface area contributed by atoms with Gasteiger partial charge in [-0.05, 0) is 13.8 Å². The summed E-state index contributed by atoms with van der Waals surface area (Å²) in [6, 6.07) is 2.90. The Hall–Kier alpha value is -1.73. The molecule has 0 bridgehead atoms. The van der Waals surface area contributed by atoms with E-state index < -0.39 is 10.5 Å². The van der Waals surface area contributed by atoms with Crippen LogP contribution in [0.3, 0.4) is 0 Å². The zero-order valence-corrected chi connectivity index (χ0v) is 11.8. The summed E-state index contributed by atoms with van der Waals surface area (Å²) in [5.74, 6) is 0.641. The third kappa shape index (κ3) is 3.88. The van der Waals surface area contributed by atoms with Crippen LogP contribution < -0.4 is 4.90 Å². The summed E-state index contributed by atoms with van der Waals surface area (Å²) < 4.78 is 0. The minimum atomic E-state index is -0.702. The number of hydrogen-bond donors (Lipinski definition) is 1. The van der Waals surface area contributed by atoms with E-state index in [-0.39, 0.29) is 5.69 Å². The number of β-amino-alcohol motifs (C(OH)–C–C–N with tert-alkyl or cyclic N) is 1. The first-order chi connectivity index (χ1) is 9.35. The third-order valence-electron chi connectivity index (χ3n) is 3.25. The van der Waals surface area contributed by atoms with Crippen molar-refractivity contribution < 1.29 is 10.0 Å². The van der Waals surface area contributed by atoms with Gasteiger partial charge in [-0.25, -0.2) is 4.98 Å². The van der Waals surface area contributed by atoms with Gasteiger partial charge in [-0.2, -0.15) is 0 Å². The molecular formula is C13H20N4O3. The van der Waals surface area contributed by atoms with Gasteiger partial charge in [0.15, 0.2) is 0 Å². The smallest absolute Gasteiger partial charge is 0.274 e. The molecule has 2 rings (SSSR count). The van der Waals surface area contributed by atoms with Gasteiger partial charge in [-0.15, -0.1) is 0 Å². The summed E-state index contributed by atoms with van der Waals surface area (Å²) in [4.78, 5) is 18.8. The molecule has 0 aromatic carbocycles. The zero-order chi connectivity index (χ0) is 14.8. The molecule has 0 radical (unpaired) electrons. The molecule has 1 aliphatic rings. The van der Waals surface area contributed by atoms with E-state index >= 15 is 0 Å². The molecule has 110 valence electrons. The highest BCUT2D eigenvalue weighted by Gasteiger charge is 2.23. The van der Waals surface area contributed by atoms with Crippen LogP contribution in [-0.4, -0.2) is 58.2 Å². The van der Waals surface area contributed by atoms with E-state index in [1.165, 1.54) is 18.3 Å². The van der Waals surface area contributed by atoms with E-state index in [9.17, 15) is 15.2 Å². The van der Waals surface area contributed by atoms with Crippen LogP contribution in [0.4, 0.5) is 11.5 Å². The van der Waals surface area contributed by atoms with Crippen molar-refractivity contribution in [1.29, 1.82) is 0 Å². The Labute approximate surface area is 118 Å². The summed E-state index contributed by atoms with van der Waals surface area (Å²) >= 11 is 0. The fourth-order valence-electron chi connectivity index (χ4n) is 2.38. The van der Waals surface area contributed by atoms with Crippen LogP contribution >= 0.6 is 0 Å². The van der Waals surface area contributed by atoms with Crippen LogP contribution in [0.1, 0.15) is 13.8 Å². The molecule has 1 N–H and O–H groups in total. The first kappa shape index (κ1) is 14.7. The second-order valence-electron chi connectivity index (χ2n) is 5.70. The van der Waals surface area contributed by atoms with Crippen molar-refractivity contribution in [3.8, 4) is 0 Å². The number of anilines is 1. The van der Waals surface area contributed by atoms with Crippen molar-refractivity contribution in [2.24, 2.45) is 0 Å². The number of aliphatic hydroxyl groups is 1. The Morgan fingerprint density at radius 1 is 1.40 bits per heavy atom. The molecule has 0 spiro atoms. The minimum absolute atomic E-state index is 0.0638. The topological polar surface area (TPSA) is 82.7 Å². The zero-order valence-electron chi connectivity index (χ0n) is 11.8. The fourth-order valence-corrected chi connectivity index (χ4v) is 2.38. The SMILES string of the molecule is CC(C)(O)CN1CCN(c2cc([N+](=O)[O-])ccn2)CC1. The lowest BCUT2D eigenvalue weighted by Crippen LogP contribution is -2.50. The highest BCUT2D eigenvalue weighted by atomic mass is 16.6. The van der Waals surface area contributed by atoms with Gasteiger partial charge in [0.2, 0.25) is 0 Å². The Balaban J connectivity index is 1.97. The van der Waals surface area contributed by atoms with Crippen LogP contribution in [0.5, 0.6) is 0 Å². The van der Waals surface area contributed by atoms with Crippen molar-refractivity contribution in [3.63, 3.8) is 0 Å². The molecule has 2 heterocycles. The molecule has 1 fully saturated rings. The van der Waals surface area contributed by atoms with Crippen LogP contribution in [0.15, 0.2) is 18.3 Å². The highest BCUT2D eigenvalue weighted by molar-refractivity contribution is 5.46. The van der Waals surface area contributed by atoms with Crippen molar-refractivity contribution in [2.75, 3.05) is 37.6 Å². The molecule has 7 nitrogen and oxygen atoms in total. The number of piperazine rings is 1. The van der Waals surface area contributed by atoms with Gasteiger partial charge in [-0.1, -0.05) is 0 Å². The number of nitrogens with zero attached hydrogens (tertiary/aromatic N) is 4. The summed E-state index contributed by atoms with van der Waals surface area (Å²) in [7, 11) is 0. The number of pyridine rings is 1. The first-order valence-corrected chi connectivity index (χ1v) is 6.65. The average Bonchev–Trinajstić information content (AvgIpc) is 2.38. The largest absolute Gasteiger partial charge is 0.389 e. The van der Waals surface area contributed by atoms with Gasteiger partial charge >= 0.3 is 0 Å². The lowest BCUT2D eigenvalue weighted by molar-refractivity contribution is -0.384.